The first-order valence-electron chi connectivity index (χ1n) is 6.79. The van der Waals surface area contributed by atoms with E-state index in [1.54, 1.807) is 6.07 Å². The first-order valence-corrected chi connectivity index (χ1v) is 6.79. The summed E-state index contributed by atoms with van der Waals surface area (Å²) in [4.78, 5) is 14.1. The summed E-state index contributed by atoms with van der Waals surface area (Å²) in [5.74, 6) is 0.320. The number of likely N-dealkylation sites (tertiary alicyclic amines) is 1. The van der Waals surface area contributed by atoms with Crippen molar-refractivity contribution in [3.05, 3.63) is 11.8 Å². The lowest BCUT2D eigenvalue weighted by molar-refractivity contribution is -0.118. The first kappa shape index (κ1) is 16.9. The van der Waals surface area contributed by atoms with Crippen molar-refractivity contribution in [2.75, 3.05) is 18.4 Å². The molecule has 6 nitrogen and oxygen atoms in total. The average molecular weight is 303 g/mol. The highest BCUT2D eigenvalue weighted by molar-refractivity contribution is 5.91. The van der Waals surface area contributed by atoms with Gasteiger partial charge in [-0.25, -0.2) is 0 Å². The number of nitrogens with one attached hydrogen (secondary N) is 1. The zero-order valence-corrected chi connectivity index (χ0v) is 12.8. The molecule has 1 saturated heterocycles. The largest absolute Gasteiger partial charge is 0.338 e. The Balaban J connectivity index is 0.00000200. The molecule has 1 aromatic rings. The van der Waals surface area contributed by atoms with Gasteiger partial charge >= 0.3 is 0 Å². The van der Waals surface area contributed by atoms with Crippen LogP contribution in [-0.2, 0) is 4.79 Å². The highest BCUT2D eigenvalue weighted by Crippen LogP contribution is 2.19. The highest BCUT2D eigenvalue weighted by Gasteiger charge is 2.27. The average Bonchev–Trinajstić information content (AvgIpc) is 2.75. The van der Waals surface area contributed by atoms with E-state index in [2.05, 4.69) is 15.4 Å². The number of anilines is 1. The number of piperidine rings is 1. The monoisotopic (exact) mass is 302 g/mol. The van der Waals surface area contributed by atoms with Gasteiger partial charge in [0, 0.05) is 18.2 Å². The van der Waals surface area contributed by atoms with Gasteiger partial charge in [-0.15, -0.1) is 12.4 Å². The van der Waals surface area contributed by atoms with Crippen LogP contribution >= 0.6 is 12.4 Å². The van der Waals surface area contributed by atoms with Gasteiger partial charge in [-0.3, -0.25) is 15.0 Å². The van der Waals surface area contributed by atoms with Gasteiger partial charge in [0.1, 0.15) is 0 Å². The third-order valence-corrected chi connectivity index (χ3v) is 3.51. The van der Waals surface area contributed by atoms with E-state index in [9.17, 15) is 4.79 Å². The van der Waals surface area contributed by atoms with E-state index in [-0.39, 0.29) is 30.4 Å². The van der Waals surface area contributed by atoms with Crippen molar-refractivity contribution >= 4 is 24.2 Å². The van der Waals surface area contributed by atoms with E-state index < -0.39 is 0 Å². The molecule has 1 aliphatic rings. The Kier molecular flexibility index (Phi) is 6.45. The summed E-state index contributed by atoms with van der Waals surface area (Å²) >= 11 is 0. The molecule has 20 heavy (non-hydrogen) atoms. The van der Waals surface area contributed by atoms with Crippen molar-refractivity contribution in [3.63, 3.8) is 0 Å². The number of nitrogens with two attached hydrogens (primary N) is 1. The molecule has 0 spiro atoms. The predicted octanol–water partition coefficient (Wildman–Crippen LogP) is 1.55. The topological polar surface area (TPSA) is 84.4 Å². The van der Waals surface area contributed by atoms with Crippen molar-refractivity contribution in [3.8, 4) is 0 Å². The van der Waals surface area contributed by atoms with E-state index >= 15 is 0 Å². The van der Waals surface area contributed by atoms with Crippen LogP contribution in [0.3, 0.4) is 0 Å². The minimum atomic E-state index is -0.0799. The number of rotatable bonds is 4. The van der Waals surface area contributed by atoms with Gasteiger partial charge in [0.05, 0.1) is 12.2 Å². The number of aromatic nitrogens is 1. The van der Waals surface area contributed by atoms with Gasteiger partial charge in [-0.1, -0.05) is 11.6 Å². The molecular formula is C13H23ClN4O2. The summed E-state index contributed by atoms with van der Waals surface area (Å²) < 4.78 is 4.97. The zero-order chi connectivity index (χ0) is 13.8. The summed E-state index contributed by atoms with van der Waals surface area (Å²) in [6.07, 6.45) is 3.37. The lowest BCUT2D eigenvalue weighted by Crippen LogP contribution is -2.51. The van der Waals surface area contributed by atoms with Crippen LogP contribution in [0, 0.1) is 6.92 Å². The number of carbonyl (C=O) groups excluding carboxylic acids is 1. The molecule has 114 valence electrons. The fourth-order valence-electron chi connectivity index (χ4n) is 2.59. The Morgan fingerprint density at radius 2 is 2.40 bits per heavy atom. The summed E-state index contributed by atoms with van der Waals surface area (Å²) in [5.41, 5.74) is 6.74. The van der Waals surface area contributed by atoms with Gasteiger partial charge in [-0.2, -0.15) is 0 Å². The van der Waals surface area contributed by atoms with Crippen LogP contribution in [-0.4, -0.2) is 41.1 Å². The van der Waals surface area contributed by atoms with Crippen LogP contribution < -0.4 is 11.1 Å². The van der Waals surface area contributed by atoms with Crippen LogP contribution in [0.5, 0.6) is 0 Å². The fourth-order valence-corrected chi connectivity index (χ4v) is 2.59. The van der Waals surface area contributed by atoms with E-state index in [0.717, 1.165) is 25.1 Å². The van der Waals surface area contributed by atoms with Crippen molar-refractivity contribution in [1.29, 1.82) is 0 Å². The van der Waals surface area contributed by atoms with E-state index in [0.29, 0.717) is 12.4 Å². The number of halogens is 1. The van der Waals surface area contributed by atoms with Gasteiger partial charge in [0.25, 0.3) is 0 Å². The molecule has 1 fully saturated rings. The van der Waals surface area contributed by atoms with Crippen LogP contribution in [0.2, 0.25) is 0 Å². The Bertz CT molecular complexity index is 436. The second-order valence-corrected chi connectivity index (χ2v) is 5.27. The molecule has 0 aromatic carbocycles. The van der Waals surface area contributed by atoms with Crippen molar-refractivity contribution in [2.24, 2.45) is 5.73 Å². The third-order valence-electron chi connectivity index (χ3n) is 3.51. The number of aryl methyl sites for hydroxylation is 1. The molecule has 0 saturated carbocycles. The molecule has 2 heterocycles. The number of hydrogen-bond acceptors (Lipinski definition) is 5. The van der Waals surface area contributed by atoms with Crippen LogP contribution in [0.1, 0.15) is 31.9 Å². The maximum Gasteiger partial charge on any atom is 0.240 e. The molecule has 0 aliphatic carbocycles. The second-order valence-electron chi connectivity index (χ2n) is 5.27. The number of nitrogens with zero attached hydrogens (tertiary/aromatic N) is 2. The lowest BCUT2D eigenvalue weighted by atomic mass is 9.97. The molecule has 7 heteroatoms. The van der Waals surface area contributed by atoms with E-state index in [1.807, 2.05) is 13.8 Å². The molecule has 2 atom stereocenters. The Morgan fingerprint density at radius 1 is 1.65 bits per heavy atom. The third kappa shape index (κ3) is 4.47. The normalized spacial score (nSPS) is 21.1. The molecule has 2 unspecified atom stereocenters. The molecule has 1 aliphatic heterocycles. The molecule has 1 amide bonds. The second kappa shape index (κ2) is 7.61. The summed E-state index contributed by atoms with van der Waals surface area (Å²) in [5, 5.41) is 6.46. The molecule has 2 rings (SSSR count). The highest BCUT2D eigenvalue weighted by atomic mass is 35.5. The Hall–Kier alpha value is -1.11. The zero-order valence-electron chi connectivity index (χ0n) is 12.0. The summed E-state index contributed by atoms with van der Waals surface area (Å²) in [7, 11) is 0. The fraction of sp³-hybridized carbons (Fsp3) is 0.692. The van der Waals surface area contributed by atoms with Gasteiger partial charge in [-0.05, 0) is 33.2 Å². The van der Waals surface area contributed by atoms with Crippen LogP contribution in [0.4, 0.5) is 5.88 Å². The minimum Gasteiger partial charge on any atom is -0.338 e. The standard InChI is InChI=1S/C13H22N4O2.ClH/c1-9-7-13(19-16-9)15-12(18)8-17-6-4-3-5-11(17)10(2)14;/h7,10-11H,3-6,8,14H2,1-2H3,(H,15,18);1H. The van der Waals surface area contributed by atoms with Crippen LogP contribution in [0.15, 0.2) is 10.6 Å². The minimum absolute atomic E-state index is 0. The van der Waals surface area contributed by atoms with Crippen molar-refractivity contribution in [1.82, 2.24) is 10.1 Å². The molecule has 1 aromatic heterocycles. The number of carbonyl (C=O) groups is 1. The van der Waals surface area contributed by atoms with E-state index in [1.165, 1.54) is 6.42 Å². The SMILES string of the molecule is Cc1cc(NC(=O)CN2CCCCC2C(C)N)on1.Cl. The van der Waals surface area contributed by atoms with Crippen molar-refractivity contribution < 1.29 is 9.32 Å². The van der Waals surface area contributed by atoms with E-state index in [4.69, 9.17) is 10.3 Å². The quantitative estimate of drug-likeness (QED) is 0.881. The lowest BCUT2D eigenvalue weighted by Gasteiger charge is -2.37. The number of hydrogen-bond donors (Lipinski definition) is 2. The molecule has 0 radical (unpaired) electrons. The predicted molar refractivity (Wildman–Crippen MR) is 80.0 cm³/mol. The Labute approximate surface area is 125 Å². The maximum atomic E-state index is 12.0. The first-order chi connectivity index (χ1) is 9.06. The van der Waals surface area contributed by atoms with Crippen molar-refractivity contribution in [2.45, 2.75) is 45.2 Å². The molecule has 3 N–H and O–H groups in total. The molecular weight excluding hydrogens is 280 g/mol. The van der Waals surface area contributed by atoms with Gasteiger partial charge < -0.3 is 10.3 Å². The van der Waals surface area contributed by atoms with Gasteiger partial charge in [0.2, 0.25) is 11.8 Å². The number of amides is 1. The van der Waals surface area contributed by atoms with Crippen LogP contribution in [0.25, 0.3) is 0 Å². The smallest absolute Gasteiger partial charge is 0.240 e. The molecule has 0 bridgehead atoms. The summed E-state index contributed by atoms with van der Waals surface area (Å²) in [6.45, 7) is 5.09. The summed E-state index contributed by atoms with van der Waals surface area (Å²) in [6, 6.07) is 2.08. The van der Waals surface area contributed by atoms with Gasteiger partial charge in [0.15, 0.2) is 0 Å². The Morgan fingerprint density at radius 3 is 3.00 bits per heavy atom. The maximum absolute atomic E-state index is 12.0.